The topological polar surface area (TPSA) is 32.3 Å². The molecule has 0 aromatic carbocycles. The molecule has 2 fully saturated rings. The molecule has 2 heteroatoms. The first-order valence-electron chi connectivity index (χ1n) is 6.61. The SMILES string of the molecule is CNC1CCC(O)(CC2CCCC2)CC1. The summed E-state index contributed by atoms with van der Waals surface area (Å²) < 4.78 is 0. The first kappa shape index (κ1) is 11.4. The zero-order valence-corrected chi connectivity index (χ0v) is 9.97. The first-order valence-corrected chi connectivity index (χ1v) is 6.61. The van der Waals surface area contributed by atoms with Crippen molar-refractivity contribution < 1.29 is 5.11 Å². The van der Waals surface area contributed by atoms with Crippen molar-refractivity contribution >= 4 is 0 Å². The molecular weight excluding hydrogens is 186 g/mol. The molecular formula is C13H25NO. The highest BCUT2D eigenvalue weighted by Gasteiger charge is 2.35. The van der Waals surface area contributed by atoms with Crippen molar-refractivity contribution in [3.8, 4) is 0 Å². The van der Waals surface area contributed by atoms with Crippen molar-refractivity contribution in [2.24, 2.45) is 5.92 Å². The third-order valence-electron chi connectivity index (χ3n) is 4.47. The van der Waals surface area contributed by atoms with Gasteiger partial charge < -0.3 is 10.4 Å². The van der Waals surface area contributed by atoms with Crippen molar-refractivity contribution in [1.82, 2.24) is 5.32 Å². The predicted molar refractivity (Wildman–Crippen MR) is 62.8 cm³/mol. The van der Waals surface area contributed by atoms with Gasteiger partial charge in [-0.05, 0) is 45.1 Å². The van der Waals surface area contributed by atoms with Gasteiger partial charge in [0.05, 0.1) is 5.60 Å². The molecule has 0 aromatic heterocycles. The highest BCUT2D eigenvalue weighted by molar-refractivity contribution is 4.90. The largest absolute Gasteiger partial charge is 0.390 e. The third-order valence-corrected chi connectivity index (χ3v) is 4.47. The van der Waals surface area contributed by atoms with Gasteiger partial charge in [-0.2, -0.15) is 0 Å². The van der Waals surface area contributed by atoms with Crippen LogP contribution in [-0.2, 0) is 0 Å². The van der Waals surface area contributed by atoms with E-state index in [1.165, 1.54) is 25.7 Å². The van der Waals surface area contributed by atoms with Gasteiger partial charge in [0.15, 0.2) is 0 Å². The number of nitrogens with one attached hydrogen (secondary N) is 1. The molecule has 0 aliphatic heterocycles. The number of aliphatic hydroxyl groups is 1. The Kier molecular flexibility index (Phi) is 3.68. The van der Waals surface area contributed by atoms with Crippen LogP contribution in [0.25, 0.3) is 0 Å². The van der Waals surface area contributed by atoms with E-state index >= 15 is 0 Å². The van der Waals surface area contributed by atoms with Crippen molar-refractivity contribution in [1.29, 1.82) is 0 Å². The van der Waals surface area contributed by atoms with Gasteiger partial charge in [0.25, 0.3) is 0 Å². The van der Waals surface area contributed by atoms with Gasteiger partial charge in [0.1, 0.15) is 0 Å². The van der Waals surface area contributed by atoms with Crippen molar-refractivity contribution in [3.63, 3.8) is 0 Å². The molecule has 2 nitrogen and oxygen atoms in total. The van der Waals surface area contributed by atoms with Crippen molar-refractivity contribution in [3.05, 3.63) is 0 Å². The summed E-state index contributed by atoms with van der Waals surface area (Å²) >= 11 is 0. The average Bonchev–Trinajstić information content (AvgIpc) is 2.71. The second-order valence-corrected chi connectivity index (χ2v) is 5.64. The number of rotatable bonds is 3. The van der Waals surface area contributed by atoms with Gasteiger partial charge in [-0.15, -0.1) is 0 Å². The second kappa shape index (κ2) is 4.84. The molecule has 0 aromatic rings. The lowest BCUT2D eigenvalue weighted by Crippen LogP contribution is -2.41. The monoisotopic (exact) mass is 211 g/mol. The number of hydrogen-bond donors (Lipinski definition) is 2. The molecule has 88 valence electrons. The quantitative estimate of drug-likeness (QED) is 0.751. The van der Waals surface area contributed by atoms with E-state index < -0.39 is 0 Å². The van der Waals surface area contributed by atoms with Gasteiger partial charge in [0, 0.05) is 6.04 Å². The molecule has 0 radical (unpaired) electrons. The second-order valence-electron chi connectivity index (χ2n) is 5.64. The standard InChI is InChI=1S/C13H25NO/c1-14-12-6-8-13(15,9-7-12)10-11-4-2-3-5-11/h11-12,14-15H,2-10H2,1H3. The van der Waals surface area contributed by atoms with E-state index in [0.717, 1.165) is 38.0 Å². The predicted octanol–water partition coefficient (Wildman–Crippen LogP) is 2.46. The fourth-order valence-corrected chi connectivity index (χ4v) is 3.40. The lowest BCUT2D eigenvalue weighted by Gasteiger charge is -2.37. The summed E-state index contributed by atoms with van der Waals surface area (Å²) in [4.78, 5) is 0. The summed E-state index contributed by atoms with van der Waals surface area (Å²) in [6.07, 6.45) is 10.9. The molecule has 0 bridgehead atoms. The Bertz CT molecular complexity index is 191. The normalized spacial score (nSPS) is 38.4. The van der Waals surface area contributed by atoms with E-state index in [9.17, 15) is 5.11 Å². The Morgan fingerprint density at radius 1 is 1.13 bits per heavy atom. The molecule has 2 aliphatic carbocycles. The van der Waals surface area contributed by atoms with Crippen LogP contribution in [0, 0.1) is 5.92 Å². The van der Waals surface area contributed by atoms with Gasteiger partial charge >= 0.3 is 0 Å². The Balaban J connectivity index is 1.80. The molecule has 2 N–H and O–H groups in total. The fraction of sp³-hybridized carbons (Fsp3) is 1.00. The smallest absolute Gasteiger partial charge is 0.0651 e. The summed E-state index contributed by atoms with van der Waals surface area (Å²) in [5.74, 6) is 0.820. The zero-order valence-electron chi connectivity index (χ0n) is 9.97. The molecule has 0 amide bonds. The molecule has 0 heterocycles. The van der Waals surface area contributed by atoms with E-state index in [1.54, 1.807) is 0 Å². The van der Waals surface area contributed by atoms with E-state index in [1.807, 2.05) is 7.05 Å². The van der Waals surface area contributed by atoms with Crippen LogP contribution in [-0.4, -0.2) is 23.8 Å². The highest BCUT2D eigenvalue weighted by atomic mass is 16.3. The van der Waals surface area contributed by atoms with Crippen LogP contribution in [0.1, 0.15) is 57.8 Å². The summed E-state index contributed by atoms with van der Waals surface area (Å²) in [5.41, 5.74) is -0.317. The van der Waals surface area contributed by atoms with Crippen LogP contribution in [0.15, 0.2) is 0 Å². The maximum absolute atomic E-state index is 10.5. The maximum Gasteiger partial charge on any atom is 0.0651 e. The van der Waals surface area contributed by atoms with Gasteiger partial charge in [-0.3, -0.25) is 0 Å². The Morgan fingerprint density at radius 3 is 2.27 bits per heavy atom. The third kappa shape index (κ3) is 2.94. The molecule has 2 aliphatic rings. The van der Waals surface area contributed by atoms with Gasteiger partial charge in [-0.1, -0.05) is 25.7 Å². The molecule has 15 heavy (non-hydrogen) atoms. The first-order chi connectivity index (χ1) is 7.22. The van der Waals surface area contributed by atoms with E-state index in [2.05, 4.69) is 5.32 Å². The highest BCUT2D eigenvalue weighted by Crippen LogP contribution is 2.38. The van der Waals surface area contributed by atoms with Crippen molar-refractivity contribution in [2.45, 2.75) is 69.4 Å². The fourth-order valence-electron chi connectivity index (χ4n) is 3.40. The average molecular weight is 211 g/mol. The molecule has 0 spiro atoms. The molecule has 0 saturated heterocycles. The molecule has 0 atom stereocenters. The minimum absolute atomic E-state index is 0.317. The lowest BCUT2D eigenvalue weighted by atomic mass is 9.76. The molecule has 2 rings (SSSR count). The zero-order chi connectivity index (χ0) is 10.7. The lowest BCUT2D eigenvalue weighted by molar-refractivity contribution is -0.0229. The van der Waals surface area contributed by atoms with Crippen LogP contribution < -0.4 is 5.32 Å². The van der Waals surface area contributed by atoms with Crippen LogP contribution in [0.3, 0.4) is 0 Å². The summed E-state index contributed by atoms with van der Waals surface area (Å²) in [5, 5.41) is 13.8. The van der Waals surface area contributed by atoms with Crippen LogP contribution in [0.2, 0.25) is 0 Å². The van der Waals surface area contributed by atoms with Crippen LogP contribution in [0.5, 0.6) is 0 Å². The summed E-state index contributed by atoms with van der Waals surface area (Å²) in [6, 6.07) is 0.647. The minimum atomic E-state index is -0.317. The van der Waals surface area contributed by atoms with Crippen LogP contribution in [0.4, 0.5) is 0 Å². The minimum Gasteiger partial charge on any atom is -0.390 e. The summed E-state index contributed by atoms with van der Waals surface area (Å²) in [7, 11) is 2.03. The Labute approximate surface area is 93.5 Å². The van der Waals surface area contributed by atoms with E-state index in [4.69, 9.17) is 0 Å². The van der Waals surface area contributed by atoms with Gasteiger partial charge in [0.2, 0.25) is 0 Å². The van der Waals surface area contributed by atoms with Gasteiger partial charge in [-0.25, -0.2) is 0 Å². The van der Waals surface area contributed by atoms with Crippen molar-refractivity contribution in [2.75, 3.05) is 7.05 Å². The molecule has 0 unspecified atom stereocenters. The Hall–Kier alpha value is -0.0800. The molecule has 2 saturated carbocycles. The van der Waals surface area contributed by atoms with Crippen LogP contribution >= 0.6 is 0 Å². The maximum atomic E-state index is 10.5. The Morgan fingerprint density at radius 2 is 1.73 bits per heavy atom. The van der Waals surface area contributed by atoms with E-state index in [-0.39, 0.29) is 5.60 Å². The van der Waals surface area contributed by atoms with E-state index in [0.29, 0.717) is 6.04 Å². The summed E-state index contributed by atoms with van der Waals surface area (Å²) in [6.45, 7) is 0. The number of hydrogen-bond acceptors (Lipinski definition) is 2.